The van der Waals surface area contributed by atoms with Crippen molar-refractivity contribution in [3.05, 3.63) is 35.9 Å². The topological polar surface area (TPSA) is 58.2 Å². The SMILES string of the molecule is CC(=O)Nc1ccc(NC(=O)C2CC=CCC2)c(C(F)(F)F)c1. The van der Waals surface area contributed by atoms with Gasteiger partial charge in [0, 0.05) is 18.5 Å². The van der Waals surface area contributed by atoms with E-state index in [4.69, 9.17) is 0 Å². The van der Waals surface area contributed by atoms with Gasteiger partial charge in [0.15, 0.2) is 0 Å². The number of amides is 2. The summed E-state index contributed by atoms with van der Waals surface area (Å²) in [5.41, 5.74) is -1.25. The monoisotopic (exact) mass is 326 g/mol. The van der Waals surface area contributed by atoms with Crippen LogP contribution in [-0.4, -0.2) is 11.8 Å². The van der Waals surface area contributed by atoms with Crippen molar-refractivity contribution >= 4 is 23.2 Å². The first-order valence-corrected chi connectivity index (χ1v) is 7.22. The van der Waals surface area contributed by atoms with Gasteiger partial charge in [0.25, 0.3) is 0 Å². The smallest absolute Gasteiger partial charge is 0.326 e. The Morgan fingerprint density at radius 2 is 1.91 bits per heavy atom. The minimum absolute atomic E-state index is 0.0309. The molecule has 7 heteroatoms. The minimum Gasteiger partial charge on any atom is -0.326 e. The van der Waals surface area contributed by atoms with Crippen LogP contribution in [0.2, 0.25) is 0 Å². The second-order valence-corrected chi connectivity index (χ2v) is 5.41. The maximum Gasteiger partial charge on any atom is 0.418 e. The summed E-state index contributed by atoms with van der Waals surface area (Å²) in [6.45, 7) is 1.21. The molecule has 4 nitrogen and oxygen atoms in total. The zero-order chi connectivity index (χ0) is 17.0. The van der Waals surface area contributed by atoms with Crippen molar-refractivity contribution in [2.24, 2.45) is 5.92 Å². The number of carbonyl (C=O) groups is 2. The average Bonchev–Trinajstić information content (AvgIpc) is 2.48. The van der Waals surface area contributed by atoms with E-state index in [1.807, 2.05) is 12.2 Å². The van der Waals surface area contributed by atoms with Gasteiger partial charge in [0.05, 0.1) is 11.3 Å². The van der Waals surface area contributed by atoms with Crippen molar-refractivity contribution in [3.63, 3.8) is 0 Å². The number of hydrogen-bond acceptors (Lipinski definition) is 2. The highest BCUT2D eigenvalue weighted by atomic mass is 19.4. The van der Waals surface area contributed by atoms with Gasteiger partial charge in [0.1, 0.15) is 0 Å². The van der Waals surface area contributed by atoms with Crippen LogP contribution in [0.15, 0.2) is 30.4 Å². The van der Waals surface area contributed by atoms with E-state index in [0.29, 0.717) is 12.8 Å². The van der Waals surface area contributed by atoms with Crippen LogP contribution in [0.3, 0.4) is 0 Å². The Bertz CT molecular complexity index is 639. The van der Waals surface area contributed by atoms with Crippen molar-refractivity contribution in [2.75, 3.05) is 10.6 Å². The lowest BCUT2D eigenvalue weighted by molar-refractivity contribution is -0.137. The molecule has 0 aliphatic heterocycles. The Hall–Kier alpha value is -2.31. The summed E-state index contributed by atoms with van der Waals surface area (Å²) in [5.74, 6) is -1.22. The van der Waals surface area contributed by atoms with E-state index >= 15 is 0 Å². The minimum atomic E-state index is -4.64. The summed E-state index contributed by atoms with van der Waals surface area (Å²) >= 11 is 0. The molecule has 1 unspecified atom stereocenters. The first kappa shape index (κ1) is 17.1. The summed E-state index contributed by atoms with van der Waals surface area (Å²) < 4.78 is 39.5. The Morgan fingerprint density at radius 3 is 2.48 bits per heavy atom. The Morgan fingerprint density at radius 1 is 1.17 bits per heavy atom. The third-order valence-electron chi connectivity index (χ3n) is 3.54. The number of allylic oxidation sites excluding steroid dienone is 2. The largest absolute Gasteiger partial charge is 0.418 e. The second-order valence-electron chi connectivity index (χ2n) is 5.41. The molecule has 1 aromatic rings. The molecule has 2 rings (SSSR count). The van der Waals surface area contributed by atoms with Gasteiger partial charge in [-0.25, -0.2) is 0 Å². The van der Waals surface area contributed by atoms with Gasteiger partial charge in [-0.3, -0.25) is 9.59 Å². The normalized spacial score (nSPS) is 17.7. The van der Waals surface area contributed by atoms with Crippen LogP contribution in [0.1, 0.15) is 31.7 Å². The van der Waals surface area contributed by atoms with Crippen molar-refractivity contribution in [3.8, 4) is 0 Å². The van der Waals surface area contributed by atoms with E-state index in [2.05, 4.69) is 10.6 Å². The maximum absolute atomic E-state index is 13.2. The molecular weight excluding hydrogens is 309 g/mol. The van der Waals surface area contributed by atoms with Crippen molar-refractivity contribution in [1.29, 1.82) is 0 Å². The zero-order valence-electron chi connectivity index (χ0n) is 12.5. The van der Waals surface area contributed by atoms with Crippen molar-refractivity contribution < 1.29 is 22.8 Å². The standard InChI is InChI=1S/C16H17F3N2O2/c1-10(22)20-12-7-8-14(13(9-12)16(17,18)19)21-15(23)11-5-3-2-4-6-11/h2-3,7-9,11H,4-6H2,1H3,(H,20,22)(H,21,23). The number of hydrogen-bond donors (Lipinski definition) is 2. The van der Waals surface area contributed by atoms with Crippen LogP contribution in [0.4, 0.5) is 24.5 Å². The van der Waals surface area contributed by atoms with Gasteiger partial charge in [0.2, 0.25) is 11.8 Å². The number of nitrogens with one attached hydrogen (secondary N) is 2. The summed E-state index contributed by atoms with van der Waals surface area (Å²) in [6.07, 6.45) is 1.06. The van der Waals surface area contributed by atoms with Crippen molar-refractivity contribution in [1.82, 2.24) is 0 Å². The van der Waals surface area contributed by atoms with Crippen LogP contribution in [0.25, 0.3) is 0 Å². The van der Waals surface area contributed by atoms with Crippen LogP contribution >= 0.6 is 0 Å². The number of alkyl halides is 3. The molecule has 2 N–H and O–H groups in total. The first-order valence-electron chi connectivity index (χ1n) is 7.22. The Kier molecular flexibility index (Phi) is 5.08. The molecule has 1 atom stereocenters. The number of benzene rings is 1. The van der Waals surface area contributed by atoms with Crippen LogP contribution < -0.4 is 10.6 Å². The molecule has 0 heterocycles. The highest BCUT2D eigenvalue weighted by Crippen LogP contribution is 2.37. The van der Waals surface area contributed by atoms with E-state index in [9.17, 15) is 22.8 Å². The quantitative estimate of drug-likeness (QED) is 0.826. The van der Waals surface area contributed by atoms with Gasteiger partial charge < -0.3 is 10.6 Å². The molecule has 124 valence electrons. The second kappa shape index (κ2) is 6.85. The van der Waals surface area contributed by atoms with E-state index in [1.165, 1.54) is 13.0 Å². The lowest BCUT2D eigenvalue weighted by Crippen LogP contribution is -2.25. The highest BCUT2D eigenvalue weighted by molar-refractivity contribution is 5.94. The fraction of sp³-hybridized carbons (Fsp3) is 0.375. The molecular formula is C16H17F3N2O2. The summed E-state index contributed by atoms with van der Waals surface area (Å²) in [6, 6.07) is 3.30. The predicted octanol–water partition coefficient (Wildman–Crippen LogP) is 3.96. The fourth-order valence-corrected chi connectivity index (χ4v) is 2.44. The number of carbonyl (C=O) groups excluding carboxylic acids is 2. The summed E-state index contributed by atoms with van der Waals surface area (Å²) in [5, 5.41) is 4.66. The number of anilines is 2. The molecule has 1 aliphatic rings. The molecule has 23 heavy (non-hydrogen) atoms. The third kappa shape index (κ3) is 4.58. The zero-order valence-corrected chi connectivity index (χ0v) is 12.5. The molecule has 2 amide bonds. The van der Waals surface area contributed by atoms with Gasteiger partial charge in [-0.15, -0.1) is 0 Å². The first-order chi connectivity index (χ1) is 10.8. The molecule has 0 saturated heterocycles. The molecule has 0 aromatic heterocycles. The summed E-state index contributed by atoms with van der Waals surface area (Å²) in [4.78, 5) is 23.1. The van der Waals surface area contributed by atoms with Crippen molar-refractivity contribution in [2.45, 2.75) is 32.4 Å². The third-order valence-corrected chi connectivity index (χ3v) is 3.54. The predicted molar refractivity (Wildman–Crippen MR) is 80.9 cm³/mol. The Labute approximate surface area is 131 Å². The molecule has 1 aliphatic carbocycles. The van der Waals surface area contributed by atoms with Crippen LogP contribution in [-0.2, 0) is 15.8 Å². The molecule has 0 bridgehead atoms. The lowest BCUT2D eigenvalue weighted by atomic mass is 9.93. The summed E-state index contributed by atoms with van der Waals surface area (Å²) in [7, 11) is 0. The molecule has 0 spiro atoms. The lowest BCUT2D eigenvalue weighted by Gasteiger charge is -2.20. The number of rotatable bonds is 3. The molecule has 1 aromatic carbocycles. The van der Waals surface area contributed by atoms with Gasteiger partial charge in [-0.2, -0.15) is 13.2 Å². The van der Waals surface area contributed by atoms with E-state index in [-0.39, 0.29) is 17.3 Å². The number of halogens is 3. The van der Waals surface area contributed by atoms with E-state index in [0.717, 1.165) is 18.6 Å². The molecule has 0 saturated carbocycles. The van der Waals surface area contributed by atoms with Gasteiger partial charge in [-0.1, -0.05) is 12.2 Å². The van der Waals surface area contributed by atoms with Gasteiger partial charge >= 0.3 is 6.18 Å². The van der Waals surface area contributed by atoms with Gasteiger partial charge in [-0.05, 0) is 37.5 Å². The Balaban J connectivity index is 2.24. The van der Waals surface area contributed by atoms with E-state index in [1.54, 1.807) is 0 Å². The highest BCUT2D eigenvalue weighted by Gasteiger charge is 2.35. The fourth-order valence-electron chi connectivity index (χ4n) is 2.44. The molecule has 0 fully saturated rings. The average molecular weight is 326 g/mol. The van der Waals surface area contributed by atoms with Crippen LogP contribution in [0, 0.1) is 5.92 Å². The van der Waals surface area contributed by atoms with E-state index < -0.39 is 23.6 Å². The van der Waals surface area contributed by atoms with Crippen LogP contribution in [0.5, 0.6) is 0 Å². The molecule has 0 radical (unpaired) electrons. The maximum atomic E-state index is 13.2.